The highest BCUT2D eigenvalue weighted by Crippen LogP contribution is 2.25. The lowest BCUT2D eigenvalue weighted by molar-refractivity contribution is 0.00695. The van der Waals surface area contributed by atoms with Gasteiger partial charge in [0.2, 0.25) is 0 Å². The monoisotopic (exact) mass is 445 g/mol. The highest BCUT2D eigenvalue weighted by Gasteiger charge is 2.23. The van der Waals surface area contributed by atoms with E-state index < -0.39 is 15.7 Å². The number of hydrogen-bond donors (Lipinski definition) is 0. The van der Waals surface area contributed by atoms with Crippen molar-refractivity contribution in [2.24, 2.45) is 5.92 Å². The molecule has 1 aliphatic rings. The molecule has 2 aromatic carbocycles. The van der Waals surface area contributed by atoms with E-state index in [-0.39, 0.29) is 24.2 Å². The molecule has 168 valence electrons. The fourth-order valence-corrected chi connectivity index (χ4v) is 4.61. The van der Waals surface area contributed by atoms with Crippen molar-refractivity contribution in [1.82, 2.24) is 0 Å². The summed E-state index contributed by atoms with van der Waals surface area (Å²) in [7, 11) is -3.58. The van der Waals surface area contributed by atoms with Crippen LogP contribution in [0.3, 0.4) is 0 Å². The van der Waals surface area contributed by atoms with Gasteiger partial charge in [0.05, 0.1) is 12.2 Å². The second kappa shape index (κ2) is 9.83. The summed E-state index contributed by atoms with van der Waals surface area (Å²) in [6.45, 7) is 7.40. The van der Waals surface area contributed by atoms with E-state index in [1.165, 1.54) is 0 Å². The van der Waals surface area contributed by atoms with Crippen LogP contribution in [0.25, 0.3) is 0 Å². The van der Waals surface area contributed by atoms with Gasteiger partial charge in [0.25, 0.3) is 10.1 Å². The summed E-state index contributed by atoms with van der Waals surface area (Å²) < 4.78 is 35.2. The van der Waals surface area contributed by atoms with Gasteiger partial charge in [-0.05, 0) is 69.4 Å². The Balaban J connectivity index is 1.46. The normalized spacial score (nSPS) is 15.6. The predicted molar refractivity (Wildman–Crippen MR) is 122 cm³/mol. The molecule has 7 heteroatoms. The zero-order valence-electron chi connectivity index (χ0n) is 18.4. The standard InChI is InChI=1S/C24H31NO5S/c1-24(2,3)30-23(26)21-9-11-22(12-10-21)25-15-13-19(14-16-25)17-29-31(27,28)18-20-7-5-4-6-8-20/h4-12,19H,13-18H2,1-3H3. The Kier molecular flexibility index (Phi) is 7.38. The van der Waals surface area contributed by atoms with Crippen molar-refractivity contribution in [1.29, 1.82) is 0 Å². The van der Waals surface area contributed by atoms with Crippen LogP contribution in [0.1, 0.15) is 49.5 Å². The maximum atomic E-state index is 12.2. The summed E-state index contributed by atoms with van der Waals surface area (Å²) in [5.74, 6) is -0.217. The van der Waals surface area contributed by atoms with Crippen LogP contribution in [0.2, 0.25) is 0 Å². The molecule has 0 saturated carbocycles. The first-order valence-corrected chi connectivity index (χ1v) is 12.2. The predicted octanol–water partition coefficient (Wildman–Crippen LogP) is 4.40. The minimum atomic E-state index is -3.58. The minimum Gasteiger partial charge on any atom is -0.456 e. The molecule has 3 rings (SSSR count). The second-order valence-corrected chi connectivity index (χ2v) is 10.6. The number of esters is 1. The van der Waals surface area contributed by atoms with E-state index in [9.17, 15) is 13.2 Å². The van der Waals surface area contributed by atoms with Gasteiger partial charge in [0.15, 0.2) is 0 Å². The molecule has 0 N–H and O–H groups in total. The van der Waals surface area contributed by atoms with E-state index in [0.717, 1.165) is 37.2 Å². The molecule has 1 fully saturated rings. The highest BCUT2D eigenvalue weighted by molar-refractivity contribution is 7.85. The number of nitrogens with zero attached hydrogens (tertiary/aromatic N) is 1. The quantitative estimate of drug-likeness (QED) is 0.464. The van der Waals surface area contributed by atoms with Gasteiger partial charge in [-0.1, -0.05) is 30.3 Å². The Labute approximate surface area is 185 Å². The maximum absolute atomic E-state index is 12.2. The number of ether oxygens (including phenoxy) is 1. The summed E-state index contributed by atoms with van der Waals surface area (Å²) >= 11 is 0. The van der Waals surface area contributed by atoms with Crippen LogP contribution in [0.15, 0.2) is 54.6 Å². The third-order valence-corrected chi connectivity index (χ3v) is 6.33. The molecular formula is C24H31NO5S. The average molecular weight is 446 g/mol. The molecule has 1 aliphatic heterocycles. The number of carbonyl (C=O) groups is 1. The molecule has 0 radical (unpaired) electrons. The minimum absolute atomic E-state index is 0.101. The van der Waals surface area contributed by atoms with E-state index in [4.69, 9.17) is 8.92 Å². The molecule has 0 atom stereocenters. The number of piperidine rings is 1. The molecular weight excluding hydrogens is 414 g/mol. The lowest BCUT2D eigenvalue weighted by Gasteiger charge is -2.33. The van der Waals surface area contributed by atoms with E-state index in [2.05, 4.69) is 4.90 Å². The number of hydrogen-bond acceptors (Lipinski definition) is 6. The molecule has 6 nitrogen and oxygen atoms in total. The van der Waals surface area contributed by atoms with E-state index >= 15 is 0 Å². The van der Waals surface area contributed by atoms with E-state index in [1.807, 2.05) is 51.1 Å². The summed E-state index contributed by atoms with van der Waals surface area (Å²) in [5.41, 5.74) is 1.79. The van der Waals surface area contributed by atoms with E-state index in [0.29, 0.717) is 5.56 Å². The smallest absolute Gasteiger partial charge is 0.338 e. The molecule has 1 saturated heterocycles. The van der Waals surface area contributed by atoms with Gasteiger partial charge in [0, 0.05) is 18.8 Å². The van der Waals surface area contributed by atoms with Crippen LogP contribution in [-0.4, -0.2) is 39.7 Å². The van der Waals surface area contributed by atoms with Gasteiger partial charge < -0.3 is 9.64 Å². The molecule has 0 aliphatic carbocycles. The highest BCUT2D eigenvalue weighted by atomic mass is 32.2. The van der Waals surface area contributed by atoms with Crippen molar-refractivity contribution >= 4 is 21.8 Å². The molecule has 0 aromatic heterocycles. The Morgan fingerprint density at radius 2 is 1.61 bits per heavy atom. The van der Waals surface area contributed by atoms with Crippen molar-refractivity contribution < 1.29 is 22.1 Å². The summed E-state index contributed by atoms with van der Waals surface area (Å²) in [5, 5.41) is 0. The maximum Gasteiger partial charge on any atom is 0.338 e. The Morgan fingerprint density at radius 1 is 1.00 bits per heavy atom. The molecule has 0 amide bonds. The molecule has 0 spiro atoms. The number of carbonyl (C=O) groups excluding carboxylic acids is 1. The van der Waals surface area contributed by atoms with Crippen molar-refractivity contribution in [3.63, 3.8) is 0 Å². The van der Waals surface area contributed by atoms with Crippen LogP contribution in [0, 0.1) is 5.92 Å². The lowest BCUT2D eigenvalue weighted by atomic mass is 9.97. The van der Waals surface area contributed by atoms with Crippen LogP contribution in [0.5, 0.6) is 0 Å². The van der Waals surface area contributed by atoms with E-state index in [1.54, 1.807) is 24.3 Å². The third kappa shape index (κ3) is 7.36. The fraction of sp³-hybridized carbons (Fsp3) is 0.458. The molecule has 31 heavy (non-hydrogen) atoms. The van der Waals surface area contributed by atoms with Crippen LogP contribution < -0.4 is 4.90 Å². The topological polar surface area (TPSA) is 72.9 Å². The van der Waals surface area contributed by atoms with Crippen LogP contribution >= 0.6 is 0 Å². The summed E-state index contributed by atoms with van der Waals surface area (Å²) in [6.07, 6.45) is 1.71. The lowest BCUT2D eigenvalue weighted by Crippen LogP contribution is -2.35. The van der Waals surface area contributed by atoms with Gasteiger partial charge in [0.1, 0.15) is 11.4 Å². The Hall–Kier alpha value is -2.38. The first kappa shape index (κ1) is 23.3. The zero-order valence-corrected chi connectivity index (χ0v) is 19.2. The zero-order chi connectivity index (χ0) is 22.5. The van der Waals surface area contributed by atoms with Crippen LogP contribution in [0.4, 0.5) is 5.69 Å². The van der Waals surface area contributed by atoms with Crippen molar-refractivity contribution in [3.05, 3.63) is 65.7 Å². The second-order valence-electron chi connectivity index (χ2n) is 8.95. The van der Waals surface area contributed by atoms with Gasteiger partial charge in [-0.3, -0.25) is 4.18 Å². The third-order valence-electron chi connectivity index (χ3n) is 5.15. The molecule has 0 bridgehead atoms. The molecule has 0 unspecified atom stereocenters. The van der Waals surface area contributed by atoms with Gasteiger partial charge in [-0.2, -0.15) is 8.42 Å². The van der Waals surface area contributed by atoms with Crippen LogP contribution in [-0.2, 0) is 24.8 Å². The van der Waals surface area contributed by atoms with Gasteiger partial charge in [-0.25, -0.2) is 4.79 Å². The fourth-order valence-electron chi connectivity index (χ4n) is 3.52. The first-order chi connectivity index (χ1) is 14.6. The van der Waals surface area contributed by atoms with Gasteiger partial charge in [-0.15, -0.1) is 0 Å². The first-order valence-electron chi connectivity index (χ1n) is 10.6. The molecule has 1 heterocycles. The largest absolute Gasteiger partial charge is 0.456 e. The average Bonchev–Trinajstić information content (AvgIpc) is 2.72. The summed E-state index contributed by atoms with van der Waals surface area (Å²) in [4.78, 5) is 14.4. The summed E-state index contributed by atoms with van der Waals surface area (Å²) in [6, 6.07) is 16.5. The number of anilines is 1. The Morgan fingerprint density at radius 3 is 2.19 bits per heavy atom. The van der Waals surface area contributed by atoms with Gasteiger partial charge >= 0.3 is 5.97 Å². The Bertz CT molecular complexity index is 957. The van der Waals surface area contributed by atoms with Crippen molar-refractivity contribution in [3.8, 4) is 0 Å². The number of benzene rings is 2. The number of rotatable bonds is 7. The molecule has 2 aromatic rings. The van der Waals surface area contributed by atoms with Crippen molar-refractivity contribution in [2.45, 2.75) is 45.0 Å². The van der Waals surface area contributed by atoms with Crippen molar-refractivity contribution in [2.75, 3.05) is 24.6 Å². The SMILES string of the molecule is CC(C)(C)OC(=O)c1ccc(N2CCC(COS(=O)(=O)Cc3ccccc3)CC2)cc1.